The van der Waals surface area contributed by atoms with Gasteiger partial charge in [0.25, 0.3) is 0 Å². The van der Waals surface area contributed by atoms with Crippen molar-refractivity contribution < 1.29 is 0 Å². The zero-order valence-corrected chi connectivity index (χ0v) is 22.3. The molecule has 3 aromatic carbocycles. The third-order valence-electron chi connectivity index (χ3n) is 7.47. The summed E-state index contributed by atoms with van der Waals surface area (Å²) >= 11 is 7.37. The zero-order valence-electron chi connectivity index (χ0n) is 19.1. The molecule has 3 aliphatic carbocycles. The Bertz CT molecular complexity index is 1480. The highest BCUT2D eigenvalue weighted by Gasteiger charge is 2.36. The average molecular weight is 571 g/mol. The lowest BCUT2D eigenvalue weighted by Crippen LogP contribution is -2.29. The van der Waals surface area contributed by atoms with Crippen LogP contribution in [0.3, 0.4) is 0 Å². The maximum atomic E-state index is 4.57. The predicted molar refractivity (Wildman–Crippen MR) is 153 cm³/mol. The van der Waals surface area contributed by atoms with Crippen molar-refractivity contribution in [3.05, 3.63) is 110 Å². The number of halogens is 2. The topological polar surface area (TPSA) is 12.4 Å². The monoisotopic (exact) mass is 569 g/mol. The second kappa shape index (κ2) is 8.62. The average Bonchev–Trinajstić information content (AvgIpc) is 3.23. The van der Waals surface area contributed by atoms with Crippen molar-refractivity contribution in [3.8, 4) is 0 Å². The first-order valence-corrected chi connectivity index (χ1v) is 13.5. The van der Waals surface area contributed by atoms with E-state index in [1.807, 2.05) is 6.07 Å². The van der Waals surface area contributed by atoms with E-state index in [1.165, 1.54) is 68.1 Å². The van der Waals surface area contributed by atoms with Crippen LogP contribution in [0.1, 0.15) is 49.3 Å². The number of rotatable bonds is 0. The second-order valence-electron chi connectivity index (χ2n) is 9.51. The first-order valence-electron chi connectivity index (χ1n) is 11.9. The lowest BCUT2D eigenvalue weighted by molar-refractivity contribution is 0.473. The highest BCUT2D eigenvalue weighted by molar-refractivity contribution is 9.11. The third kappa shape index (κ3) is 3.61. The van der Waals surface area contributed by atoms with Crippen LogP contribution in [-0.2, 0) is 5.41 Å². The quantitative estimate of drug-likeness (QED) is 0.255. The predicted octanol–water partition coefficient (Wildman–Crippen LogP) is 9.88. The minimum atomic E-state index is 0.173. The smallest absolute Gasteiger partial charge is 0.0712 e. The Hall–Kier alpha value is -2.49. The van der Waals surface area contributed by atoms with Gasteiger partial charge in [-0.1, -0.05) is 99.5 Å². The number of aliphatic imine (C=N–C) groups is 1. The number of fused-ring (bicyclic) bond motifs is 8. The summed E-state index contributed by atoms with van der Waals surface area (Å²) in [6.45, 7) is 2.40. The van der Waals surface area contributed by atoms with Gasteiger partial charge in [-0.05, 0) is 71.0 Å². The Kier molecular flexibility index (Phi) is 5.58. The molecular formula is C31H25Br2N. The molecule has 1 nitrogen and oxygen atoms in total. The molecule has 0 radical (unpaired) electrons. The summed E-state index contributed by atoms with van der Waals surface area (Å²) < 4.78 is 2.32. The number of hydrogen-bond donors (Lipinski definition) is 0. The molecule has 34 heavy (non-hydrogen) atoms. The van der Waals surface area contributed by atoms with Crippen molar-refractivity contribution in [3.63, 3.8) is 0 Å². The third-order valence-corrected chi connectivity index (χ3v) is 8.62. The summed E-state index contributed by atoms with van der Waals surface area (Å²) in [5.41, 5.74) is 9.44. The van der Waals surface area contributed by atoms with E-state index in [2.05, 4.69) is 123 Å². The number of nitrogens with zero attached hydrogens (tertiary/aromatic N) is 1. The molecule has 4 aliphatic rings. The summed E-state index contributed by atoms with van der Waals surface area (Å²) in [5.74, 6) is 0. The molecular weight excluding hydrogens is 546 g/mol. The van der Waals surface area contributed by atoms with E-state index in [4.69, 9.17) is 0 Å². The maximum Gasteiger partial charge on any atom is 0.0712 e. The lowest BCUT2D eigenvalue weighted by atomic mass is 9.65. The molecule has 7 rings (SSSR count). The molecule has 3 aromatic rings. The molecule has 0 N–H and O–H groups in total. The van der Waals surface area contributed by atoms with Crippen LogP contribution < -0.4 is 0 Å². The SMILES string of the molecule is C1=CCC2=Nc3ccccc3C2=C1.CC12CCCC=C1C=Cc1c2cc(Br)c2cc(Br)ccc12. The summed E-state index contributed by atoms with van der Waals surface area (Å²) in [5, 5.41) is 2.62. The number of allylic oxidation sites excluding steroid dienone is 7. The molecule has 1 heterocycles. The number of para-hydroxylation sites is 1. The van der Waals surface area contributed by atoms with Gasteiger partial charge in [0.1, 0.15) is 0 Å². The van der Waals surface area contributed by atoms with E-state index in [1.54, 1.807) is 0 Å². The molecule has 0 bridgehead atoms. The summed E-state index contributed by atoms with van der Waals surface area (Å²) in [6.07, 6.45) is 18.2. The minimum Gasteiger partial charge on any atom is -0.252 e. The van der Waals surface area contributed by atoms with Gasteiger partial charge in [0.05, 0.1) is 11.4 Å². The first-order chi connectivity index (χ1) is 16.5. The van der Waals surface area contributed by atoms with E-state index in [0.29, 0.717) is 0 Å². The second-order valence-corrected chi connectivity index (χ2v) is 11.3. The molecule has 3 heteroatoms. The Balaban J connectivity index is 0.000000143. The zero-order chi connectivity index (χ0) is 23.3. The van der Waals surface area contributed by atoms with Crippen LogP contribution in [0.15, 0.2) is 98.4 Å². The lowest BCUT2D eigenvalue weighted by Gasteiger charge is -2.39. The van der Waals surface area contributed by atoms with Gasteiger partial charge in [0.2, 0.25) is 0 Å². The number of hydrogen-bond acceptors (Lipinski definition) is 1. The Morgan fingerprint density at radius 1 is 0.971 bits per heavy atom. The Morgan fingerprint density at radius 3 is 2.76 bits per heavy atom. The normalized spacial score (nSPS) is 21.3. The van der Waals surface area contributed by atoms with Gasteiger partial charge in [0.15, 0.2) is 0 Å². The van der Waals surface area contributed by atoms with Gasteiger partial charge in [-0.25, -0.2) is 0 Å². The molecule has 1 aliphatic heterocycles. The summed E-state index contributed by atoms with van der Waals surface area (Å²) in [7, 11) is 0. The van der Waals surface area contributed by atoms with E-state index in [0.717, 1.165) is 16.6 Å². The minimum absolute atomic E-state index is 0.173. The fourth-order valence-electron chi connectivity index (χ4n) is 5.66. The highest BCUT2D eigenvalue weighted by Crippen LogP contribution is 2.48. The number of benzene rings is 3. The van der Waals surface area contributed by atoms with Gasteiger partial charge in [-0.2, -0.15) is 0 Å². The van der Waals surface area contributed by atoms with E-state index in [-0.39, 0.29) is 5.41 Å². The molecule has 0 amide bonds. The molecule has 1 atom stereocenters. The fourth-order valence-corrected chi connectivity index (χ4v) is 6.57. The van der Waals surface area contributed by atoms with Crippen LogP contribution in [-0.4, -0.2) is 5.71 Å². The van der Waals surface area contributed by atoms with Crippen LogP contribution >= 0.6 is 31.9 Å². The molecule has 168 valence electrons. The maximum absolute atomic E-state index is 4.57. The van der Waals surface area contributed by atoms with E-state index in [9.17, 15) is 0 Å². The van der Waals surface area contributed by atoms with Crippen molar-refractivity contribution in [2.24, 2.45) is 4.99 Å². The summed E-state index contributed by atoms with van der Waals surface area (Å²) in [6, 6.07) is 17.2. The van der Waals surface area contributed by atoms with Gasteiger partial charge < -0.3 is 0 Å². The van der Waals surface area contributed by atoms with Gasteiger partial charge in [-0.3, -0.25) is 4.99 Å². The molecule has 0 saturated heterocycles. The van der Waals surface area contributed by atoms with Gasteiger partial charge >= 0.3 is 0 Å². The highest BCUT2D eigenvalue weighted by atomic mass is 79.9. The van der Waals surface area contributed by atoms with Crippen LogP contribution in [0.25, 0.3) is 22.4 Å². The van der Waals surface area contributed by atoms with Crippen molar-refractivity contribution in [1.29, 1.82) is 0 Å². The van der Waals surface area contributed by atoms with E-state index < -0.39 is 0 Å². The van der Waals surface area contributed by atoms with E-state index >= 15 is 0 Å². The first kappa shape index (κ1) is 22.0. The molecule has 1 unspecified atom stereocenters. The molecule has 0 spiro atoms. The summed E-state index contributed by atoms with van der Waals surface area (Å²) in [4.78, 5) is 4.57. The largest absolute Gasteiger partial charge is 0.252 e. The Labute approximate surface area is 217 Å². The van der Waals surface area contributed by atoms with Crippen molar-refractivity contribution >= 4 is 65.7 Å². The Morgan fingerprint density at radius 2 is 1.85 bits per heavy atom. The molecule has 0 fully saturated rings. The fraction of sp³-hybridized carbons (Fsp3) is 0.194. The van der Waals surface area contributed by atoms with Crippen molar-refractivity contribution in [2.75, 3.05) is 0 Å². The van der Waals surface area contributed by atoms with Crippen LogP contribution in [0.5, 0.6) is 0 Å². The van der Waals surface area contributed by atoms with Crippen molar-refractivity contribution in [1.82, 2.24) is 0 Å². The molecule has 0 aromatic heterocycles. The molecule has 0 saturated carbocycles. The van der Waals surface area contributed by atoms with Gasteiger partial charge in [0, 0.05) is 31.9 Å². The van der Waals surface area contributed by atoms with Gasteiger partial charge in [-0.15, -0.1) is 0 Å². The van der Waals surface area contributed by atoms with Crippen LogP contribution in [0.2, 0.25) is 0 Å². The standard InChI is InChI=1S/C19H16Br2.C12H9N/c1-19-9-3-2-4-12(19)5-7-15-14-8-6-13(20)10-16(14)18(21)11-17(15)19;1-3-7-11-9(5-1)10-6-2-4-8-12(10)13-11/h4-8,10-11H,2-3,9H2,1H3;1-7H,8H2. The van der Waals surface area contributed by atoms with Crippen LogP contribution in [0, 0.1) is 0 Å². The van der Waals surface area contributed by atoms with Crippen molar-refractivity contribution in [2.45, 2.75) is 38.0 Å². The van der Waals surface area contributed by atoms with Crippen LogP contribution in [0.4, 0.5) is 5.69 Å².